The van der Waals surface area contributed by atoms with Crippen molar-refractivity contribution < 1.29 is 9.53 Å². The fourth-order valence-electron chi connectivity index (χ4n) is 2.49. The predicted molar refractivity (Wildman–Crippen MR) is 75.5 cm³/mol. The molecule has 102 valence electrons. The molecule has 1 saturated carbocycles. The van der Waals surface area contributed by atoms with E-state index in [4.69, 9.17) is 4.74 Å². The number of hydrogen-bond acceptors (Lipinski definition) is 3. The molecule has 2 aliphatic rings. The van der Waals surface area contributed by atoms with Crippen LogP contribution in [-0.2, 0) is 9.53 Å². The molecule has 2 rings (SSSR count). The van der Waals surface area contributed by atoms with Crippen molar-refractivity contribution in [2.75, 3.05) is 13.3 Å². The molecule has 4 nitrogen and oxygen atoms in total. The first-order chi connectivity index (χ1) is 8.43. The van der Waals surface area contributed by atoms with Crippen molar-refractivity contribution in [3.05, 3.63) is 0 Å². The van der Waals surface area contributed by atoms with Crippen LogP contribution in [0, 0.1) is 0 Å². The summed E-state index contributed by atoms with van der Waals surface area (Å²) in [5, 5.41) is 0. The predicted octanol–water partition coefficient (Wildman–Crippen LogP) is 2.48. The Kier molecular flexibility index (Phi) is 3.92. The van der Waals surface area contributed by atoms with Crippen LogP contribution < -0.4 is 0 Å². The quantitative estimate of drug-likeness (QED) is 0.568. The smallest absolute Gasteiger partial charge is 0.257 e. The summed E-state index contributed by atoms with van der Waals surface area (Å²) in [4.78, 5) is 18.3. The maximum absolute atomic E-state index is 12.3. The van der Waals surface area contributed by atoms with E-state index in [1.165, 1.54) is 0 Å². The number of hydrogen-bond donors (Lipinski definition) is 0. The lowest BCUT2D eigenvalue weighted by Gasteiger charge is -2.21. The summed E-state index contributed by atoms with van der Waals surface area (Å²) in [6, 6.07) is 1.14. The summed E-state index contributed by atoms with van der Waals surface area (Å²) in [7, 11) is -1.05. The maximum Gasteiger partial charge on any atom is 0.257 e. The van der Waals surface area contributed by atoms with Gasteiger partial charge in [0.05, 0.1) is 6.34 Å². The molecule has 0 atom stereocenters. The number of ether oxygens (including phenoxy) is 1. The molecule has 0 unspecified atom stereocenters. The lowest BCUT2D eigenvalue weighted by Crippen LogP contribution is -2.40. The Hall–Kier alpha value is -0.683. The minimum absolute atomic E-state index is 0.146. The van der Waals surface area contributed by atoms with Gasteiger partial charge in [0.15, 0.2) is 0 Å². The van der Waals surface area contributed by atoms with Crippen LogP contribution in [0.3, 0.4) is 0 Å². The molecule has 1 heterocycles. The van der Waals surface area contributed by atoms with E-state index in [9.17, 15) is 4.79 Å². The zero-order valence-corrected chi connectivity index (χ0v) is 12.7. The van der Waals surface area contributed by atoms with E-state index in [-0.39, 0.29) is 5.91 Å². The van der Waals surface area contributed by atoms with Crippen molar-refractivity contribution in [1.29, 1.82) is 0 Å². The topological polar surface area (TPSA) is 41.9 Å². The molecule has 0 radical (unpaired) electrons. The van der Waals surface area contributed by atoms with Crippen molar-refractivity contribution in [2.24, 2.45) is 4.99 Å². The molecule has 0 N–H and O–H groups in total. The van der Waals surface area contributed by atoms with Crippen LogP contribution in [0.2, 0.25) is 25.7 Å². The number of aliphatic imine (C=N–C) groups is 1. The van der Waals surface area contributed by atoms with E-state index in [1.54, 1.807) is 11.2 Å². The molecule has 5 heteroatoms. The summed E-state index contributed by atoms with van der Waals surface area (Å²) in [6.07, 6.45) is 5.74. The molecule has 1 amide bonds. The normalized spacial score (nSPS) is 22.4. The first-order valence-corrected chi connectivity index (χ1v) is 10.6. The van der Waals surface area contributed by atoms with Crippen molar-refractivity contribution in [2.45, 2.75) is 56.9 Å². The van der Waals surface area contributed by atoms with Crippen LogP contribution in [-0.4, -0.2) is 44.1 Å². The molecular weight excluding hydrogens is 244 g/mol. The SMILES string of the molecule is C[Si](C)(C)CCOCN1C=NC2(CCCC2)C1=O. The zero-order valence-electron chi connectivity index (χ0n) is 11.7. The molecule has 0 saturated heterocycles. The second-order valence-electron chi connectivity index (χ2n) is 6.61. The molecule has 1 fully saturated rings. The molecule has 1 aliphatic carbocycles. The molecule has 0 bridgehead atoms. The number of amides is 1. The fourth-order valence-corrected chi connectivity index (χ4v) is 3.25. The minimum Gasteiger partial charge on any atom is -0.361 e. The molecular formula is C13H24N2O2Si. The molecule has 18 heavy (non-hydrogen) atoms. The van der Waals surface area contributed by atoms with Gasteiger partial charge < -0.3 is 4.74 Å². The van der Waals surface area contributed by atoms with Crippen molar-refractivity contribution in [3.8, 4) is 0 Å². The monoisotopic (exact) mass is 268 g/mol. The van der Waals surface area contributed by atoms with Gasteiger partial charge in [-0.2, -0.15) is 0 Å². The molecule has 0 aromatic carbocycles. The van der Waals surface area contributed by atoms with E-state index >= 15 is 0 Å². The summed E-state index contributed by atoms with van der Waals surface area (Å²) in [5.74, 6) is 0.146. The number of carbonyl (C=O) groups excluding carboxylic acids is 1. The van der Waals surface area contributed by atoms with Gasteiger partial charge in [-0.3, -0.25) is 14.7 Å². The number of carbonyl (C=O) groups is 1. The van der Waals surface area contributed by atoms with Gasteiger partial charge in [0.2, 0.25) is 0 Å². The third kappa shape index (κ3) is 3.01. The third-order valence-corrected chi connectivity index (χ3v) is 5.46. The van der Waals surface area contributed by atoms with E-state index in [0.29, 0.717) is 6.73 Å². The van der Waals surface area contributed by atoms with E-state index in [2.05, 4.69) is 24.6 Å². The summed E-state index contributed by atoms with van der Waals surface area (Å²) in [6.45, 7) is 8.10. The highest BCUT2D eigenvalue weighted by Gasteiger charge is 2.46. The highest BCUT2D eigenvalue weighted by atomic mass is 28.3. The lowest BCUT2D eigenvalue weighted by molar-refractivity contribution is -0.134. The second kappa shape index (κ2) is 5.13. The van der Waals surface area contributed by atoms with Crippen LogP contribution in [0.1, 0.15) is 25.7 Å². The summed E-state index contributed by atoms with van der Waals surface area (Å²) >= 11 is 0. The zero-order chi connectivity index (χ0) is 13.2. The standard InChI is InChI=1S/C13H24N2O2Si/c1-18(2,3)9-8-17-11-15-10-14-13(12(15)16)6-4-5-7-13/h10H,4-9,11H2,1-3H3. The van der Waals surface area contributed by atoms with E-state index < -0.39 is 13.6 Å². The van der Waals surface area contributed by atoms with Gasteiger partial charge in [0.1, 0.15) is 12.3 Å². The Labute approximate surface area is 110 Å². The largest absolute Gasteiger partial charge is 0.361 e. The average Bonchev–Trinajstić information content (AvgIpc) is 2.86. The Morgan fingerprint density at radius 3 is 2.67 bits per heavy atom. The van der Waals surface area contributed by atoms with Gasteiger partial charge in [-0.1, -0.05) is 32.5 Å². The Morgan fingerprint density at radius 1 is 1.39 bits per heavy atom. The number of rotatable bonds is 5. The van der Waals surface area contributed by atoms with Gasteiger partial charge in [-0.15, -0.1) is 0 Å². The second-order valence-corrected chi connectivity index (χ2v) is 12.2. The third-order valence-electron chi connectivity index (χ3n) is 3.76. The minimum atomic E-state index is -1.05. The van der Waals surface area contributed by atoms with Gasteiger partial charge in [0, 0.05) is 14.7 Å². The van der Waals surface area contributed by atoms with E-state index in [1.807, 2.05) is 0 Å². The summed E-state index contributed by atoms with van der Waals surface area (Å²) in [5.41, 5.74) is -0.415. The first-order valence-electron chi connectivity index (χ1n) is 6.87. The highest BCUT2D eigenvalue weighted by Crippen LogP contribution is 2.37. The van der Waals surface area contributed by atoms with Crippen molar-refractivity contribution in [3.63, 3.8) is 0 Å². The lowest BCUT2D eigenvalue weighted by atomic mass is 9.98. The van der Waals surface area contributed by atoms with Gasteiger partial charge in [-0.25, -0.2) is 0 Å². The Morgan fingerprint density at radius 2 is 2.06 bits per heavy atom. The van der Waals surface area contributed by atoms with Crippen LogP contribution >= 0.6 is 0 Å². The van der Waals surface area contributed by atoms with Gasteiger partial charge >= 0.3 is 0 Å². The van der Waals surface area contributed by atoms with Crippen LogP contribution in [0.4, 0.5) is 0 Å². The first kappa shape index (κ1) is 13.7. The Bertz CT molecular complexity index is 343. The van der Waals surface area contributed by atoms with Gasteiger partial charge in [-0.05, 0) is 18.9 Å². The average molecular weight is 268 g/mol. The highest BCUT2D eigenvalue weighted by molar-refractivity contribution is 6.76. The van der Waals surface area contributed by atoms with Crippen LogP contribution in [0.25, 0.3) is 0 Å². The molecule has 1 aliphatic heterocycles. The van der Waals surface area contributed by atoms with E-state index in [0.717, 1.165) is 38.3 Å². The van der Waals surface area contributed by atoms with Gasteiger partial charge in [0.25, 0.3) is 5.91 Å². The fraction of sp³-hybridized carbons (Fsp3) is 0.846. The Balaban J connectivity index is 1.76. The molecule has 0 aromatic rings. The summed E-state index contributed by atoms with van der Waals surface area (Å²) < 4.78 is 5.62. The van der Waals surface area contributed by atoms with Crippen molar-refractivity contribution >= 4 is 20.3 Å². The molecule has 1 spiro atoms. The number of nitrogens with zero attached hydrogens (tertiary/aromatic N) is 2. The van der Waals surface area contributed by atoms with Crippen LogP contribution in [0.15, 0.2) is 4.99 Å². The van der Waals surface area contributed by atoms with Crippen LogP contribution in [0.5, 0.6) is 0 Å². The van der Waals surface area contributed by atoms with Crippen molar-refractivity contribution in [1.82, 2.24) is 4.90 Å². The molecule has 0 aromatic heterocycles. The maximum atomic E-state index is 12.3.